The first kappa shape index (κ1) is 14.1. The van der Waals surface area contributed by atoms with E-state index in [0.29, 0.717) is 18.3 Å². The van der Waals surface area contributed by atoms with Crippen LogP contribution in [0.25, 0.3) is 0 Å². The molecule has 3 rings (SSSR count). The molecule has 1 saturated heterocycles. The molecule has 114 valence electrons. The van der Waals surface area contributed by atoms with E-state index in [-0.39, 0.29) is 42.1 Å². The van der Waals surface area contributed by atoms with Crippen molar-refractivity contribution in [2.75, 3.05) is 18.1 Å². The van der Waals surface area contributed by atoms with Crippen molar-refractivity contribution in [3.63, 3.8) is 0 Å². The van der Waals surface area contributed by atoms with E-state index in [4.69, 9.17) is 0 Å². The van der Waals surface area contributed by atoms with Gasteiger partial charge < -0.3 is 15.7 Å². The van der Waals surface area contributed by atoms with E-state index >= 15 is 0 Å². The topological polar surface area (TPSA) is 95.5 Å². The van der Waals surface area contributed by atoms with Crippen LogP contribution in [0.4, 0.5) is 4.79 Å². The lowest BCUT2D eigenvalue weighted by molar-refractivity contribution is 0.144. The molecule has 0 unspecified atom stereocenters. The third-order valence-electron chi connectivity index (χ3n) is 5.16. The van der Waals surface area contributed by atoms with Crippen molar-refractivity contribution < 1.29 is 18.3 Å². The van der Waals surface area contributed by atoms with Gasteiger partial charge in [-0.05, 0) is 37.5 Å². The van der Waals surface area contributed by atoms with Crippen molar-refractivity contribution >= 4 is 15.9 Å². The highest BCUT2D eigenvalue weighted by Gasteiger charge is 2.47. The number of hydrogen-bond acceptors (Lipinski definition) is 4. The molecule has 3 aliphatic rings. The number of aliphatic hydroxyl groups excluding tert-OH is 1. The summed E-state index contributed by atoms with van der Waals surface area (Å²) in [7, 11) is -2.97. The van der Waals surface area contributed by atoms with Gasteiger partial charge in [-0.25, -0.2) is 13.2 Å². The third kappa shape index (κ3) is 2.65. The summed E-state index contributed by atoms with van der Waals surface area (Å²) in [5.74, 6) is 1.36. The first-order chi connectivity index (χ1) is 9.48. The van der Waals surface area contributed by atoms with Crippen molar-refractivity contribution in [1.82, 2.24) is 10.6 Å². The Hall–Kier alpha value is -0.820. The van der Waals surface area contributed by atoms with Crippen molar-refractivity contribution in [2.24, 2.45) is 17.8 Å². The zero-order valence-electron chi connectivity index (χ0n) is 11.4. The van der Waals surface area contributed by atoms with Crippen molar-refractivity contribution in [3.05, 3.63) is 0 Å². The first-order valence-corrected chi connectivity index (χ1v) is 9.19. The maximum atomic E-state index is 12.0. The van der Waals surface area contributed by atoms with Gasteiger partial charge in [0.2, 0.25) is 0 Å². The summed E-state index contributed by atoms with van der Waals surface area (Å²) in [5.41, 5.74) is 0. The van der Waals surface area contributed by atoms with Crippen LogP contribution in [-0.4, -0.2) is 49.8 Å². The van der Waals surface area contributed by atoms with Crippen LogP contribution in [0.5, 0.6) is 0 Å². The number of urea groups is 1. The van der Waals surface area contributed by atoms with E-state index in [1.54, 1.807) is 0 Å². The number of carbonyl (C=O) groups is 1. The van der Waals surface area contributed by atoms with Crippen molar-refractivity contribution in [2.45, 2.75) is 37.8 Å². The van der Waals surface area contributed by atoms with E-state index in [1.165, 1.54) is 0 Å². The predicted molar refractivity (Wildman–Crippen MR) is 73.9 cm³/mol. The number of fused-ring (bicyclic) bond motifs is 2. The molecule has 0 aromatic rings. The fourth-order valence-electron chi connectivity index (χ4n) is 4.19. The van der Waals surface area contributed by atoms with Crippen LogP contribution < -0.4 is 10.6 Å². The number of hydrogen-bond donors (Lipinski definition) is 3. The molecule has 2 aliphatic carbocycles. The summed E-state index contributed by atoms with van der Waals surface area (Å²) in [6.45, 7) is 0.115. The second-order valence-electron chi connectivity index (χ2n) is 6.42. The highest BCUT2D eigenvalue weighted by Crippen LogP contribution is 2.48. The minimum Gasteiger partial charge on any atom is -0.396 e. The van der Waals surface area contributed by atoms with Gasteiger partial charge >= 0.3 is 6.03 Å². The van der Waals surface area contributed by atoms with Gasteiger partial charge in [0.25, 0.3) is 0 Å². The molecule has 3 fully saturated rings. The number of amides is 2. The molecule has 1 heterocycles. The Morgan fingerprint density at radius 2 is 1.90 bits per heavy atom. The van der Waals surface area contributed by atoms with E-state index in [2.05, 4.69) is 10.6 Å². The molecule has 6 nitrogen and oxygen atoms in total. The molecule has 20 heavy (non-hydrogen) atoms. The summed E-state index contributed by atoms with van der Waals surface area (Å²) in [6, 6.07) is -0.522. The van der Waals surface area contributed by atoms with E-state index in [9.17, 15) is 18.3 Å². The number of nitrogens with one attached hydrogen (secondary N) is 2. The molecule has 0 aromatic heterocycles. The molecule has 5 atom stereocenters. The molecule has 7 heteroatoms. The second kappa shape index (κ2) is 5.18. The van der Waals surface area contributed by atoms with E-state index in [1.807, 2.05) is 0 Å². The highest BCUT2D eigenvalue weighted by molar-refractivity contribution is 7.91. The van der Waals surface area contributed by atoms with Gasteiger partial charge in [0.15, 0.2) is 9.84 Å². The molecule has 1 aliphatic heterocycles. The fourth-order valence-corrected chi connectivity index (χ4v) is 5.86. The molecule has 0 spiro atoms. The Bertz CT molecular complexity index is 493. The fraction of sp³-hybridized carbons (Fsp3) is 0.923. The lowest BCUT2D eigenvalue weighted by atomic mass is 9.85. The van der Waals surface area contributed by atoms with Gasteiger partial charge in [-0.2, -0.15) is 0 Å². The van der Waals surface area contributed by atoms with Gasteiger partial charge in [-0.1, -0.05) is 0 Å². The maximum Gasteiger partial charge on any atom is 0.315 e. The normalized spacial score (nSPS) is 41.8. The number of carbonyl (C=O) groups excluding carboxylic acids is 1. The van der Waals surface area contributed by atoms with Crippen LogP contribution in [-0.2, 0) is 9.84 Å². The monoisotopic (exact) mass is 302 g/mol. The van der Waals surface area contributed by atoms with E-state index < -0.39 is 9.84 Å². The van der Waals surface area contributed by atoms with Gasteiger partial charge in [-0.15, -0.1) is 0 Å². The standard InChI is InChI=1S/C13H22N2O4S/c16-6-11-8-1-2-9(5-8)12(11)15-13(17)14-10-3-4-20(18,19)7-10/h8-12,16H,1-7H2,(H2,14,15,17)/t8-,9-,10+,11-,12-/m0/s1. The Balaban J connectivity index is 1.54. The van der Waals surface area contributed by atoms with Gasteiger partial charge in [0, 0.05) is 24.6 Å². The van der Waals surface area contributed by atoms with E-state index in [0.717, 1.165) is 19.3 Å². The summed E-state index contributed by atoms with van der Waals surface area (Å²) < 4.78 is 22.7. The second-order valence-corrected chi connectivity index (χ2v) is 8.65. The molecule has 2 saturated carbocycles. The SMILES string of the molecule is O=C(N[C@@H]1CCS(=O)(=O)C1)N[C@H]1[C@H]2CC[C@@H](C2)[C@@H]1CO. The third-order valence-corrected chi connectivity index (χ3v) is 6.93. The maximum absolute atomic E-state index is 12.0. The Labute approximate surface area is 119 Å². The van der Waals surface area contributed by atoms with Crippen LogP contribution in [0.1, 0.15) is 25.7 Å². The zero-order valence-corrected chi connectivity index (χ0v) is 12.2. The molecule has 3 N–H and O–H groups in total. The number of sulfone groups is 1. The lowest BCUT2D eigenvalue weighted by Gasteiger charge is -2.30. The Morgan fingerprint density at radius 3 is 2.55 bits per heavy atom. The highest BCUT2D eigenvalue weighted by atomic mass is 32.2. The Kier molecular flexibility index (Phi) is 3.66. The summed E-state index contributed by atoms with van der Waals surface area (Å²) in [4.78, 5) is 12.0. The van der Waals surface area contributed by atoms with Crippen LogP contribution in [0.2, 0.25) is 0 Å². The molecular weight excluding hydrogens is 280 g/mol. The molecule has 2 amide bonds. The van der Waals surface area contributed by atoms with Gasteiger partial charge in [0.1, 0.15) is 0 Å². The quantitative estimate of drug-likeness (QED) is 0.677. The van der Waals surface area contributed by atoms with Crippen LogP contribution in [0.15, 0.2) is 0 Å². The summed E-state index contributed by atoms with van der Waals surface area (Å²) in [6.07, 6.45) is 3.85. The molecule has 2 bridgehead atoms. The van der Waals surface area contributed by atoms with Crippen LogP contribution in [0, 0.1) is 17.8 Å². The Morgan fingerprint density at radius 1 is 1.15 bits per heavy atom. The predicted octanol–water partition coefficient (Wildman–Crippen LogP) is -0.120. The minimum absolute atomic E-state index is 0.0387. The van der Waals surface area contributed by atoms with Crippen LogP contribution >= 0.6 is 0 Å². The first-order valence-electron chi connectivity index (χ1n) is 7.37. The molecule has 0 radical (unpaired) electrons. The van der Waals surface area contributed by atoms with Crippen LogP contribution in [0.3, 0.4) is 0 Å². The summed E-state index contributed by atoms with van der Waals surface area (Å²) >= 11 is 0. The van der Waals surface area contributed by atoms with Crippen molar-refractivity contribution in [3.8, 4) is 0 Å². The summed E-state index contributed by atoms with van der Waals surface area (Å²) in [5, 5.41) is 15.2. The smallest absolute Gasteiger partial charge is 0.315 e. The molecule has 0 aromatic carbocycles. The zero-order chi connectivity index (χ0) is 14.3. The van der Waals surface area contributed by atoms with Crippen molar-refractivity contribution in [1.29, 1.82) is 0 Å². The minimum atomic E-state index is -2.97. The number of aliphatic hydroxyl groups is 1. The largest absolute Gasteiger partial charge is 0.396 e. The number of rotatable bonds is 3. The lowest BCUT2D eigenvalue weighted by Crippen LogP contribution is -2.51. The average Bonchev–Trinajstić information content (AvgIpc) is 3.04. The van der Waals surface area contributed by atoms with Gasteiger partial charge in [-0.3, -0.25) is 0 Å². The van der Waals surface area contributed by atoms with Gasteiger partial charge in [0.05, 0.1) is 11.5 Å². The average molecular weight is 302 g/mol. The molecular formula is C13H22N2O4S.